The minimum Gasteiger partial charge on any atom is -0.399 e. The van der Waals surface area contributed by atoms with E-state index in [1.165, 1.54) is 49.9 Å². The second-order valence-corrected chi connectivity index (χ2v) is 6.07. The van der Waals surface area contributed by atoms with Gasteiger partial charge in [-0.2, -0.15) is 0 Å². The van der Waals surface area contributed by atoms with Crippen LogP contribution in [0.4, 0.5) is 5.69 Å². The number of rotatable bonds is 5. The van der Waals surface area contributed by atoms with Crippen LogP contribution in [0, 0.1) is 5.92 Å². The largest absolute Gasteiger partial charge is 0.399 e. The zero-order chi connectivity index (χ0) is 13.9. The van der Waals surface area contributed by atoms with Crippen molar-refractivity contribution < 1.29 is 0 Å². The Morgan fingerprint density at radius 2 is 2.10 bits per heavy atom. The van der Waals surface area contributed by atoms with Crippen LogP contribution >= 0.6 is 0 Å². The summed E-state index contributed by atoms with van der Waals surface area (Å²) >= 11 is 0. The first-order valence-electron chi connectivity index (χ1n) is 8.02. The first kappa shape index (κ1) is 13.5. The van der Waals surface area contributed by atoms with Crippen molar-refractivity contribution in [3.05, 3.63) is 24.0 Å². The van der Waals surface area contributed by atoms with Crippen molar-refractivity contribution in [1.82, 2.24) is 9.55 Å². The van der Waals surface area contributed by atoms with E-state index in [4.69, 9.17) is 10.7 Å². The highest BCUT2D eigenvalue weighted by Gasteiger charge is 2.15. The summed E-state index contributed by atoms with van der Waals surface area (Å²) in [5, 5.41) is 0. The van der Waals surface area contributed by atoms with Crippen LogP contribution in [0.1, 0.15) is 51.3 Å². The SMILES string of the molecule is CCc1nc2cc(N)ccc2n1CCCC1CCCC1. The molecular formula is C17H25N3. The molecule has 0 aliphatic heterocycles. The Labute approximate surface area is 121 Å². The van der Waals surface area contributed by atoms with Gasteiger partial charge in [0.2, 0.25) is 0 Å². The Bertz CT molecular complexity index is 579. The van der Waals surface area contributed by atoms with E-state index in [-0.39, 0.29) is 0 Å². The first-order valence-corrected chi connectivity index (χ1v) is 8.02. The Kier molecular flexibility index (Phi) is 3.95. The Morgan fingerprint density at radius 3 is 2.85 bits per heavy atom. The van der Waals surface area contributed by atoms with Gasteiger partial charge >= 0.3 is 0 Å². The lowest BCUT2D eigenvalue weighted by Gasteiger charge is -2.11. The van der Waals surface area contributed by atoms with E-state index < -0.39 is 0 Å². The van der Waals surface area contributed by atoms with Gasteiger partial charge in [0.05, 0.1) is 11.0 Å². The van der Waals surface area contributed by atoms with Crippen molar-refractivity contribution in [2.24, 2.45) is 5.92 Å². The number of imidazole rings is 1. The lowest BCUT2D eigenvalue weighted by atomic mass is 10.0. The number of anilines is 1. The predicted molar refractivity (Wildman–Crippen MR) is 84.7 cm³/mol. The van der Waals surface area contributed by atoms with Crippen molar-refractivity contribution >= 4 is 16.7 Å². The number of hydrogen-bond acceptors (Lipinski definition) is 2. The molecule has 1 aliphatic rings. The minimum absolute atomic E-state index is 0.802. The van der Waals surface area contributed by atoms with Gasteiger partial charge in [-0.05, 0) is 37.0 Å². The number of fused-ring (bicyclic) bond motifs is 1. The fraction of sp³-hybridized carbons (Fsp3) is 0.588. The molecule has 1 aliphatic carbocycles. The Balaban J connectivity index is 1.75. The second-order valence-electron chi connectivity index (χ2n) is 6.07. The number of aryl methyl sites for hydroxylation is 2. The lowest BCUT2D eigenvalue weighted by Crippen LogP contribution is -2.05. The Hall–Kier alpha value is -1.51. The summed E-state index contributed by atoms with van der Waals surface area (Å²) in [7, 11) is 0. The molecule has 1 saturated carbocycles. The average Bonchev–Trinajstić information content (AvgIpc) is 3.06. The fourth-order valence-corrected chi connectivity index (χ4v) is 3.55. The normalized spacial score (nSPS) is 16.2. The zero-order valence-electron chi connectivity index (χ0n) is 12.4. The summed E-state index contributed by atoms with van der Waals surface area (Å²) in [6.45, 7) is 3.28. The zero-order valence-corrected chi connectivity index (χ0v) is 12.4. The first-order chi connectivity index (χ1) is 9.78. The molecule has 1 heterocycles. The molecule has 3 rings (SSSR count). The standard InChI is InChI=1S/C17H25N3/c1-2-17-19-15-12-14(18)9-10-16(15)20(17)11-5-8-13-6-3-4-7-13/h9-10,12-13H,2-8,11,18H2,1H3. The number of nitrogens with zero attached hydrogens (tertiary/aromatic N) is 2. The van der Waals surface area contributed by atoms with Gasteiger partial charge in [0.1, 0.15) is 5.82 Å². The van der Waals surface area contributed by atoms with Gasteiger partial charge < -0.3 is 10.3 Å². The third-order valence-corrected chi connectivity index (χ3v) is 4.64. The summed E-state index contributed by atoms with van der Waals surface area (Å²) in [5.41, 5.74) is 8.94. The highest BCUT2D eigenvalue weighted by molar-refractivity contribution is 5.79. The van der Waals surface area contributed by atoms with E-state index in [2.05, 4.69) is 17.6 Å². The molecule has 1 aromatic carbocycles. The Morgan fingerprint density at radius 1 is 1.30 bits per heavy atom. The van der Waals surface area contributed by atoms with Gasteiger partial charge in [-0.3, -0.25) is 0 Å². The van der Waals surface area contributed by atoms with Crippen LogP contribution in [-0.4, -0.2) is 9.55 Å². The molecular weight excluding hydrogens is 246 g/mol. The summed E-state index contributed by atoms with van der Waals surface area (Å²) in [6, 6.07) is 6.09. The molecule has 0 bridgehead atoms. The highest BCUT2D eigenvalue weighted by atomic mass is 15.1. The van der Waals surface area contributed by atoms with Crippen LogP contribution in [0.5, 0.6) is 0 Å². The molecule has 0 spiro atoms. The van der Waals surface area contributed by atoms with Crippen LogP contribution in [-0.2, 0) is 13.0 Å². The molecule has 1 fully saturated rings. The number of hydrogen-bond donors (Lipinski definition) is 1. The maximum atomic E-state index is 5.86. The third-order valence-electron chi connectivity index (χ3n) is 4.64. The molecule has 2 aromatic rings. The molecule has 0 radical (unpaired) electrons. The molecule has 0 unspecified atom stereocenters. The van der Waals surface area contributed by atoms with E-state index >= 15 is 0 Å². The highest BCUT2D eigenvalue weighted by Crippen LogP contribution is 2.29. The minimum atomic E-state index is 0.802. The number of nitrogen functional groups attached to an aromatic ring is 1. The molecule has 0 amide bonds. The van der Waals surface area contributed by atoms with Crippen molar-refractivity contribution in [3.63, 3.8) is 0 Å². The van der Waals surface area contributed by atoms with Gasteiger partial charge in [0.25, 0.3) is 0 Å². The monoisotopic (exact) mass is 271 g/mol. The second kappa shape index (κ2) is 5.86. The van der Waals surface area contributed by atoms with Crippen LogP contribution in [0.25, 0.3) is 11.0 Å². The van der Waals surface area contributed by atoms with Crippen molar-refractivity contribution in [3.8, 4) is 0 Å². The molecule has 108 valence electrons. The maximum absolute atomic E-state index is 5.86. The van der Waals surface area contributed by atoms with Crippen LogP contribution in [0.3, 0.4) is 0 Å². The maximum Gasteiger partial charge on any atom is 0.109 e. The summed E-state index contributed by atoms with van der Waals surface area (Å²) in [4.78, 5) is 4.73. The summed E-state index contributed by atoms with van der Waals surface area (Å²) in [6.07, 6.45) is 9.41. The van der Waals surface area contributed by atoms with Crippen LogP contribution < -0.4 is 5.73 Å². The molecule has 20 heavy (non-hydrogen) atoms. The topological polar surface area (TPSA) is 43.8 Å². The predicted octanol–water partition coefficient (Wildman–Crippen LogP) is 4.15. The molecule has 0 atom stereocenters. The van der Waals surface area contributed by atoms with E-state index in [1.807, 2.05) is 12.1 Å². The van der Waals surface area contributed by atoms with Crippen LogP contribution in [0.15, 0.2) is 18.2 Å². The quantitative estimate of drug-likeness (QED) is 0.830. The van der Waals surface area contributed by atoms with Gasteiger partial charge in [-0.15, -0.1) is 0 Å². The smallest absolute Gasteiger partial charge is 0.109 e. The van der Waals surface area contributed by atoms with E-state index in [9.17, 15) is 0 Å². The van der Waals surface area contributed by atoms with E-state index in [0.717, 1.165) is 30.1 Å². The number of benzene rings is 1. The van der Waals surface area contributed by atoms with Gasteiger partial charge in [-0.25, -0.2) is 4.98 Å². The molecule has 1 aromatic heterocycles. The van der Waals surface area contributed by atoms with E-state index in [1.54, 1.807) is 0 Å². The van der Waals surface area contributed by atoms with E-state index in [0.29, 0.717) is 0 Å². The van der Waals surface area contributed by atoms with Crippen molar-refractivity contribution in [2.45, 2.75) is 58.4 Å². The van der Waals surface area contributed by atoms with Crippen LogP contribution in [0.2, 0.25) is 0 Å². The number of aromatic nitrogens is 2. The average molecular weight is 271 g/mol. The summed E-state index contributed by atoms with van der Waals surface area (Å²) < 4.78 is 2.39. The molecule has 3 nitrogen and oxygen atoms in total. The van der Waals surface area contributed by atoms with Gasteiger partial charge in [0, 0.05) is 18.7 Å². The summed E-state index contributed by atoms with van der Waals surface area (Å²) in [5.74, 6) is 2.17. The lowest BCUT2D eigenvalue weighted by molar-refractivity contribution is 0.458. The fourth-order valence-electron chi connectivity index (χ4n) is 3.55. The van der Waals surface area contributed by atoms with Gasteiger partial charge in [-0.1, -0.05) is 32.6 Å². The third kappa shape index (κ3) is 2.67. The van der Waals surface area contributed by atoms with Crippen molar-refractivity contribution in [2.75, 3.05) is 5.73 Å². The number of nitrogens with two attached hydrogens (primary N) is 1. The molecule has 0 saturated heterocycles. The van der Waals surface area contributed by atoms with Gasteiger partial charge in [0.15, 0.2) is 0 Å². The molecule has 3 heteroatoms. The molecule has 2 N–H and O–H groups in total. The van der Waals surface area contributed by atoms with Crippen molar-refractivity contribution in [1.29, 1.82) is 0 Å².